The van der Waals surface area contributed by atoms with Crippen molar-refractivity contribution in [2.45, 2.75) is 39.5 Å². The van der Waals surface area contributed by atoms with Crippen LogP contribution in [0.5, 0.6) is 0 Å². The second-order valence-corrected chi connectivity index (χ2v) is 8.88. The Morgan fingerprint density at radius 3 is 2.52 bits per heavy atom. The fourth-order valence-corrected chi connectivity index (χ4v) is 5.26. The highest BCUT2D eigenvalue weighted by Gasteiger charge is 2.27. The fourth-order valence-electron chi connectivity index (χ4n) is 5.26. The number of nitrogens with zero attached hydrogens (tertiary/aromatic N) is 2. The summed E-state index contributed by atoms with van der Waals surface area (Å²) in [5, 5.41) is 0.854. The number of hydrogen-bond donors (Lipinski definition) is 0. The van der Waals surface area contributed by atoms with Crippen molar-refractivity contribution in [3.8, 4) is 0 Å². The molecule has 0 fully saturated rings. The van der Waals surface area contributed by atoms with E-state index >= 15 is 0 Å². The second kappa shape index (κ2) is 8.89. The standard InChI is InChI=1S/C28H30N2O3/c1-3-29(4-2)22-12-9-19(10-13-22)11-14-25(31)24-18-21-17-20-7-5-15-30-16-6-8-23(26(20)30)27(21)33-28(24)32/h9-14,17-18H,3-8,15-16H2,1-2H3/b14-11+. The molecule has 33 heavy (non-hydrogen) atoms. The molecule has 0 unspecified atom stereocenters. The molecule has 2 aliphatic heterocycles. The van der Waals surface area contributed by atoms with Crippen molar-refractivity contribution in [1.82, 2.24) is 0 Å². The predicted molar refractivity (Wildman–Crippen MR) is 135 cm³/mol. The van der Waals surface area contributed by atoms with Crippen molar-refractivity contribution < 1.29 is 9.21 Å². The summed E-state index contributed by atoms with van der Waals surface area (Å²) < 4.78 is 5.76. The van der Waals surface area contributed by atoms with E-state index < -0.39 is 5.63 Å². The Kier molecular flexibility index (Phi) is 5.79. The summed E-state index contributed by atoms with van der Waals surface area (Å²) in [6.07, 6.45) is 7.36. The number of ketones is 1. The molecule has 5 heteroatoms. The van der Waals surface area contributed by atoms with Crippen molar-refractivity contribution in [3.05, 3.63) is 75.1 Å². The first-order valence-corrected chi connectivity index (χ1v) is 12.0. The van der Waals surface area contributed by atoms with E-state index in [4.69, 9.17) is 4.42 Å². The molecule has 0 saturated heterocycles. The molecule has 5 rings (SSSR count). The van der Waals surface area contributed by atoms with E-state index in [9.17, 15) is 9.59 Å². The zero-order chi connectivity index (χ0) is 22.9. The van der Waals surface area contributed by atoms with E-state index in [1.807, 2.05) is 12.1 Å². The van der Waals surface area contributed by atoms with E-state index in [0.717, 1.165) is 74.1 Å². The van der Waals surface area contributed by atoms with Crippen molar-refractivity contribution in [2.24, 2.45) is 0 Å². The summed E-state index contributed by atoms with van der Waals surface area (Å²) in [5.74, 6) is -0.327. The van der Waals surface area contributed by atoms with Gasteiger partial charge in [0.05, 0.1) is 0 Å². The number of fused-ring (bicyclic) bond motifs is 2. The van der Waals surface area contributed by atoms with Crippen LogP contribution < -0.4 is 15.4 Å². The Bertz CT molecular complexity index is 1280. The molecule has 2 aromatic carbocycles. The Morgan fingerprint density at radius 1 is 1.06 bits per heavy atom. The van der Waals surface area contributed by atoms with Crippen LogP contribution in [-0.4, -0.2) is 32.0 Å². The van der Waals surface area contributed by atoms with Gasteiger partial charge < -0.3 is 14.2 Å². The van der Waals surface area contributed by atoms with Crippen LogP contribution in [-0.2, 0) is 12.8 Å². The lowest BCUT2D eigenvalue weighted by atomic mass is 9.90. The topological polar surface area (TPSA) is 53.8 Å². The van der Waals surface area contributed by atoms with E-state index in [2.05, 4.69) is 41.8 Å². The third-order valence-corrected chi connectivity index (χ3v) is 6.93. The van der Waals surface area contributed by atoms with E-state index in [0.29, 0.717) is 5.58 Å². The molecule has 2 aliphatic rings. The third-order valence-electron chi connectivity index (χ3n) is 6.93. The van der Waals surface area contributed by atoms with Gasteiger partial charge in [0, 0.05) is 48.5 Å². The molecule has 0 amide bonds. The molecule has 0 radical (unpaired) electrons. The number of aryl methyl sites for hydroxylation is 2. The Morgan fingerprint density at radius 2 is 1.79 bits per heavy atom. The largest absolute Gasteiger partial charge is 0.422 e. The van der Waals surface area contributed by atoms with Gasteiger partial charge in [0.2, 0.25) is 0 Å². The van der Waals surface area contributed by atoms with Gasteiger partial charge >= 0.3 is 5.63 Å². The maximum Gasteiger partial charge on any atom is 0.347 e. The van der Waals surface area contributed by atoms with Crippen LogP contribution in [0, 0.1) is 0 Å². The summed E-state index contributed by atoms with van der Waals surface area (Å²) in [7, 11) is 0. The predicted octanol–water partition coefficient (Wildman–Crippen LogP) is 5.23. The van der Waals surface area contributed by atoms with Gasteiger partial charge in [0.15, 0.2) is 5.78 Å². The lowest BCUT2D eigenvalue weighted by Crippen LogP contribution is -2.34. The molecule has 3 heterocycles. The molecule has 0 N–H and O–H groups in total. The number of rotatable bonds is 6. The Labute approximate surface area is 194 Å². The lowest BCUT2D eigenvalue weighted by molar-refractivity contribution is 0.104. The van der Waals surface area contributed by atoms with Crippen molar-refractivity contribution in [1.29, 1.82) is 0 Å². The van der Waals surface area contributed by atoms with Gasteiger partial charge in [-0.1, -0.05) is 18.2 Å². The van der Waals surface area contributed by atoms with Gasteiger partial charge in [0.1, 0.15) is 11.1 Å². The molecule has 3 aromatic rings. The molecule has 5 nitrogen and oxygen atoms in total. The van der Waals surface area contributed by atoms with Crippen LogP contribution in [0.25, 0.3) is 17.0 Å². The molecular weight excluding hydrogens is 412 g/mol. The maximum atomic E-state index is 12.9. The second-order valence-electron chi connectivity index (χ2n) is 8.88. The van der Waals surface area contributed by atoms with Gasteiger partial charge in [-0.25, -0.2) is 4.79 Å². The van der Waals surface area contributed by atoms with Gasteiger partial charge in [-0.05, 0) is 81.0 Å². The molecular formula is C28H30N2O3. The first kappa shape index (κ1) is 21.5. The molecule has 1 aromatic heterocycles. The fraction of sp³-hybridized carbons (Fsp3) is 0.357. The van der Waals surface area contributed by atoms with Crippen LogP contribution >= 0.6 is 0 Å². The van der Waals surface area contributed by atoms with Crippen LogP contribution in [0.1, 0.15) is 53.7 Å². The summed E-state index contributed by atoms with van der Waals surface area (Å²) in [5.41, 5.74) is 5.96. The maximum absolute atomic E-state index is 12.9. The smallest absolute Gasteiger partial charge is 0.347 e. The first-order chi connectivity index (χ1) is 16.1. The minimum Gasteiger partial charge on any atom is -0.422 e. The summed E-state index contributed by atoms with van der Waals surface area (Å²) in [6.45, 7) is 8.29. The normalized spacial score (nSPS) is 15.2. The van der Waals surface area contributed by atoms with Crippen molar-refractivity contribution in [2.75, 3.05) is 36.0 Å². The third kappa shape index (κ3) is 3.97. The summed E-state index contributed by atoms with van der Waals surface area (Å²) in [4.78, 5) is 30.3. The number of allylic oxidation sites excluding steroid dienone is 1. The van der Waals surface area contributed by atoms with Gasteiger partial charge in [0.25, 0.3) is 0 Å². The lowest BCUT2D eigenvalue weighted by Gasteiger charge is -2.37. The van der Waals surface area contributed by atoms with E-state index in [1.165, 1.54) is 17.3 Å². The molecule has 0 spiro atoms. The monoisotopic (exact) mass is 442 g/mol. The van der Waals surface area contributed by atoms with Crippen LogP contribution in [0.3, 0.4) is 0 Å². The SMILES string of the molecule is CCN(CC)c1ccc(/C=C/C(=O)c2cc3cc4c5c(c3oc2=O)CCCN5CCC4)cc1. The van der Waals surface area contributed by atoms with Gasteiger partial charge in [-0.15, -0.1) is 0 Å². The minimum absolute atomic E-state index is 0.0918. The van der Waals surface area contributed by atoms with Gasteiger partial charge in [-0.3, -0.25) is 4.79 Å². The van der Waals surface area contributed by atoms with Crippen LogP contribution in [0.2, 0.25) is 0 Å². The first-order valence-electron chi connectivity index (χ1n) is 12.0. The highest BCUT2D eigenvalue weighted by Crippen LogP contribution is 2.39. The number of carbonyl (C=O) groups is 1. The van der Waals surface area contributed by atoms with Crippen molar-refractivity contribution >= 4 is 34.2 Å². The van der Waals surface area contributed by atoms with Crippen LogP contribution in [0.15, 0.2) is 51.7 Å². The summed E-state index contributed by atoms with van der Waals surface area (Å²) in [6, 6.07) is 11.9. The molecule has 0 aliphatic carbocycles. The average molecular weight is 443 g/mol. The molecule has 0 atom stereocenters. The average Bonchev–Trinajstić information content (AvgIpc) is 2.84. The number of carbonyl (C=O) groups excluding carboxylic acids is 1. The van der Waals surface area contributed by atoms with Crippen molar-refractivity contribution in [3.63, 3.8) is 0 Å². The molecule has 0 saturated carbocycles. The number of anilines is 2. The van der Waals surface area contributed by atoms with E-state index in [-0.39, 0.29) is 11.3 Å². The molecule has 170 valence electrons. The van der Waals surface area contributed by atoms with E-state index in [1.54, 1.807) is 12.1 Å². The Hall–Kier alpha value is -3.34. The number of benzene rings is 2. The summed E-state index contributed by atoms with van der Waals surface area (Å²) >= 11 is 0. The zero-order valence-electron chi connectivity index (χ0n) is 19.4. The highest BCUT2D eigenvalue weighted by molar-refractivity contribution is 6.08. The highest BCUT2D eigenvalue weighted by atomic mass is 16.4. The molecule has 0 bridgehead atoms. The zero-order valence-corrected chi connectivity index (χ0v) is 19.4. The Balaban J connectivity index is 1.45. The quantitative estimate of drug-likeness (QED) is 0.297. The van der Waals surface area contributed by atoms with Crippen LogP contribution in [0.4, 0.5) is 11.4 Å². The van der Waals surface area contributed by atoms with Gasteiger partial charge in [-0.2, -0.15) is 0 Å². The minimum atomic E-state index is -0.557. The number of hydrogen-bond acceptors (Lipinski definition) is 5.